The van der Waals surface area contributed by atoms with Gasteiger partial charge in [0.1, 0.15) is 11.2 Å². The van der Waals surface area contributed by atoms with Crippen molar-refractivity contribution in [2.45, 2.75) is 26.7 Å². The van der Waals surface area contributed by atoms with Crippen molar-refractivity contribution in [2.24, 2.45) is 5.41 Å². The predicted molar refractivity (Wildman–Crippen MR) is 105 cm³/mol. The van der Waals surface area contributed by atoms with E-state index in [1.165, 1.54) is 44.9 Å². The summed E-state index contributed by atoms with van der Waals surface area (Å²) in [5.41, 5.74) is 0.763. The van der Waals surface area contributed by atoms with Crippen LogP contribution in [-0.4, -0.2) is 24.9 Å². The van der Waals surface area contributed by atoms with Gasteiger partial charge in [0.25, 0.3) is 0 Å². The molecule has 1 aliphatic rings. The van der Waals surface area contributed by atoms with E-state index in [1.807, 2.05) is 24.3 Å². The van der Waals surface area contributed by atoms with E-state index in [0.29, 0.717) is 11.4 Å². The van der Waals surface area contributed by atoms with Crippen molar-refractivity contribution in [3.05, 3.63) is 54.3 Å². The minimum atomic E-state index is -1.32. The number of halogens is 1. The summed E-state index contributed by atoms with van der Waals surface area (Å²) in [7, 11) is 0. The van der Waals surface area contributed by atoms with Crippen LogP contribution in [0.2, 0.25) is 0 Å². The van der Waals surface area contributed by atoms with Crippen molar-refractivity contribution in [1.82, 2.24) is 0 Å². The largest absolute Gasteiger partial charge is 0.372 e. The monoisotopic (exact) mass is 369 g/mol. The summed E-state index contributed by atoms with van der Waals surface area (Å²) in [4.78, 5) is 27.4. The van der Waals surface area contributed by atoms with Gasteiger partial charge in [-0.3, -0.25) is 9.59 Å². The lowest BCUT2D eigenvalue weighted by molar-refractivity contribution is -0.135. The molecule has 3 rings (SSSR count). The molecule has 0 atom stereocenters. The molecule has 2 N–H and O–H groups in total. The van der Waals surface area contributed by atoms with Crippen LogP contribution < -0.4 is 15.5 Å². The first-order valence-electron chi connectivity index (χ1n) is 9.10. The highest BCUT2D eigenvalue weighted by Crippen LogP contribution is 2.25. The normalized spacial score (nSPS) is 14.1. The lowest BCUT2D eigenvalue weighted by Gasteiger charge is -2.23. The molecule has 1 saturated heterocycles. The number of hydrogen-bond acceptors (Lipinski definition) is 3. The third kappa shape index (κ3) is 4.45. The molecule has 1 aliphatic heterocycles. The smallest absolute Gasteiger partial charge is 0.239 e. The number of hydrogen-bond donors (Lipinski definition) is 2. The van der Waals surface area contributed by atoms with E-state index in [4.69, 9.17) is 0 Å². The van der Waals surface area contributed by atoms with Crippen molar-refractivity contribution >= 4 is 28.9 Å². The molecule has 2 amide bonds. The Morgan fingerprint density at radius 3 is 2.11 bits per heavy atom. The average molecular weight is 369 g/mol. The van der Waals surface area contributed by atoms with E-state index in [9.17, 15) is 14.0 Å². The summed E-state index contributed by atoms with van der Waals surface area (Å²) < 4.78 is 13.3. The van der Waals surface area contributed by atoms with E-state index in [0.717, 1.165) is 18.8 Å². The van der Waals surface area contributed by atoms with Crippen LogP contribution in [0.25, 0.3) is 0 Å². The number of carbonyl (C=O) groups excluding carboxylic acids is 2. The summed E-state index contributed by atoms with van der Waals surface area (Å²) in [6.07, 6.45) is 2.40. The maximum absolute atomic E-state index is 13.3. The van der Waals surface area contributed by atoms with Crippen LogP contribution in [0.1, 0.15) is 26.7 Å². The molecule has 2 aromatic rings. The van der Waals surface area contributed by atoms with Crippen LogP contribution in [0.3, 0.4) is 0 Å². The molecular weight excluding hydrogens is 345 g/mol. The second-order valence-corrected chi connectivity index (χ2v) is 7.28. The summed E-state index contributed by atoms with van der Waals surface area (Å²) in [6.45, 7) is 5.18. The fourth-order valence-electron chi connectivity index (χ4n) is 2.97. The third-order valence-electron chi connectivity index (χ3n) is 4.81. The Balaban J connectivity index is 1.63. The van der Waals surface area contributed by atoms with Gasteiger partial charge in [0.2, 0.25) is 11.8 Å². The molecule has 1 heterocycles. The van der Waals surface area contributed by atoms with Gasteiger partial charge in [0.05, 0.1) is 0 Å². The van der Waals surface area contributed by atoms with Crippen LogP contribution >= 0.6 is 0 Å². The Hall–Kier alpha value is -2.89. The molecule has 1 fully saturated rings. The molecule has 0 unspecified atom stereocenters. The standard InChI is InChI=1S/C21H24FN3O2/c1-21(2,20(27)24-17-7-5-6-15(22)14-17)19(26)23-16-8-10-18(11-9-16)25-12-3-4-13-25/h5-11,14H,3-4,12-13H2,1-2H3,(H,23,26)(H,24,27). The topological polar surface area (TPSA) is 61.4 Å². The molecule has 0 aromatic heterocycles. The quantitative estimate of drug-likeness (QED) is 0.782. The maximum atomic E-state index is 13.3. The highest BCUT2D eigenvalue weighted by Gasteiger charge is 2.36. The van der Waals surface area contributed by atoms with Crippen molar-refractivity contribution in [3.8, 4) is 0 Å². The Morgan fingerprint density at radius 1 is 0.926 bits per heavy atom. The Kier molecular flexibility index (Phi) is 5.44. The van der Waals surface area contributed by atoms with E-state index >= 15 is 0 Å². The zero-order valence-electron chi connectivity index (χ0n) is 15.6. The number of nitrogens with one attached hydrogen (secondary N) is 2. The SMILES string of the molecule is CC(C)(C(=O)Nc1ccc(N2CCCC2)cc1)C(=O)Nc1cccc(F)c1. The van der Waals surface area contributed by atoms with Gasteiger partial charge in [-0.05, 0) is 69.2 Å². The van der Waals surface area contributed by atoms with Gasteiger partial charge in [-0.25, -0.2) is 4.39 Å². The summed E-state index contributed by atoms with van der Waals surface area (Å²) in [5, 5.41) is 5.38. The fourth-order valence-corrected chi connectivity index (χ4v) is 2.97. The molecule has 6 heteroatoms. The van der Waals surface area contributed by atoms with Crippen molar-refractivity contribution in [1.29, 1.82) is 0 Å². The highest BCUT2D eigenvalue weighted by molar-refractivity contribution is 6.14. The fraction of sp³-hybridized carbons (Fsp3) is 0.333. The van der Waals surface area contributed by atoms with E-state index in [-0.39, 0.29) is 0 Å². The van der Waals surface area contributed by atoms with Crippen molar-refractivity contribution in [2.75, 3.05) is 28.6 Å². The van der Waals surface area contributed by atoms with Gasteiger partial charge in [-0.15, -0.1) is 0 Å². The zero-order chi connectivity index (χ0) is 19.4. The number of rotatable bonds is 5. The predicted octanol–water partition coefficient (Wildman–Crippen LogP) is 4.03. The van der Waals surface area contributed by atoms with Crippen LogP contribution in [0.5, 0.6) is 0 Å². The molecule has 0 spiro atoms. The van der Waals surface area contributed by atoms with Crippen LogP contribution in [0.4, 0.5) is 21.5 Å². The summed E-state index contributed by atoms with van der Waals surface area (Å²) >= 11 is 0. The highest BCUT2D eigenvalue weighted by atomic mass is 19.1. The van der Waals surface area contributed by atoms with Gasteiger partial charge >= 0.3 is 0 Å². The van der Waals surface area contributed by atoms with Gasteiger partial charge in [0, 0.05) is 30.2 Å². The lowest BCUT2D eigenvalue weighted by Crippen LogP contribution is -2.41. The average Bonchev–Trinajstić information content (AvgIpc) is 3.17. The first-order chi connectivity index (χ1) is 12.9. The van der Waals surface area contributed by atoms with Gasteiger partial charge in [-0.2, -0.15) is 0 Å². The molecule has 2 aromatic carbocycles. The van der Waals surface area contributed by atoms with Crippen molar-refractivity contribution < 1.29 is 14.0 Å². The molecule has 142 valence electrons. The van der Waals surface area contributed by atoms with E-state index in [2.05, 4.69) is 15.5 Å². The zero-order valence-corrected chi connectivity index (χ0v) is 15.6. The minimum absolute atomic E-state index is 0.316. The van der Waals surface area contributed by atoms with E-state index in [1.54, 1.807) is 6.07 Å². The third-order valence-corrected chi connectivity index (χ3v) is 4.81. The number of anilines is 3. The minimum Gasteiger partial charge on any atom is -0.372 e. The second kappa shape index (κ2) is 7.78. The van der Waals surface area contributed by atoms with Crippen LogP contribution in [-0.2, 0) is 9.59 Å². The Bertz CT molecular complexity index is 828. The molecule has 5 nitrogen and oxygen atoms in total. The van der Waals surface area contributed by atoms with Gasteiger partial charge in [-0.1, -0.05) is 6.07 Å². The second-order valence-electron chi connectivity index (χ2n) is 7.28. The lowest BCUT2D eigenvalue weighted by atomic mass is 9.90. The number of carbonyl (C=O) groups is 2. The number of benzene rings is 2. The summed E-state index contributed by atoms with van der Waals surface area (Å²) in [6, 6.07) is 13.2. The molecule has 0 radical (unpaired) electrons. The Morgan fingerprint density at radius 2 is 1.52 bits per heavy atom. The van der Waals surface area contributed by atoms with Crippen molar-refractivity contribution in [3.63, 3.8) is 0 Å². The van der Waals surface area contributed by atoms with Gasteiger partial charge in [0.15, 0.2) is 0 Å². The van der Waals surface area contributed by atoms with Gasteiger partial charge < -0.3 is 15.5 Å². The van der Waals surface area contributed by atoms with Crippen LogP contribution in [0, 0.1) is 11.2 Å². The molecule has 0 saturated carbocycles. The van der Waals surface area contributed by atoms with Crippen LogP contribution in [0.15, 0.2) is 48.5 Å². The molecule has 0 bridgehead atoms. The molecule has 0 aliphatic carbocycles. The maximum Gasteiger partial charge on any atom is 0.239 e. The number of amides is 2. The first-order valence-corrected chi connectivity index (χ1v) is 9.10. The molecular formula is C21H24FN3O2. The number of nitrogens with zero attached hydrogens (tertiary/aromatic N) is 1. The molecule has 27 heavy (non-hydrogen) atoms. The Labute approximate surface area is 158 Å². The summed E-state index contributed by atoms with van der Waals surface area (Å²) in [5.74, 6) is -1.38. The van der Waals surface area contributed by atoms with E-state index < -0.39 is 23.0 Å². The first kappa shape index (κ1) is 18.9.